The maximum absolute atomic E-state index is 14.5. The third kappa shape index (κ3) is 13.0. The van der Waals surface area contributed by atoms with Crippen LogP contribution < -0.4 is 16.4 Å². The average molecular weight is 736 g/mol. The first kappa shape index (κ1) is 45.4. The summed E-state index contributed by atoms with van der Waals surface area (Å²) in [5, 5.41) is 6.90. The number of nitrogens with two attached hydrogens (primary N) is 1. The SMILES string of the molecule is C1CNC1.C=C(CC)N1CCC2(CC1)CC2.CC.CCCC(CCN)C(C1=CCCC(F)=C1)(C1CCCC1NCC)N1CCC1.Cc1ccc(C)cc1. The Labute approximate surface area is 326 Å². The van der Waals surface area contributed by atoms with E-state index >= 15 is 0 Å². The number of hydrogen-bond acceptors (Lipinski definition) is 5. The van der Waals surface area contributed by atoms with Gasteiger partial charge in [0.2, 0.25) is 0 Å². The molecule has 1 aromatic carbocycles. The summed E-state index contributed by atoms with van der Waals surface area (Å²) in [7, 11) is 0. The minimum Gasteiger partial charge on any atom is -0.375 e. The van der Waals surface area contributed by atoms with Crippen molar-refractivity contribution in [3.05, 3.63) is 71.2 Å². The predicted molar refractivity (Wildman–Crippen MR) is 229 cm³/mol. The molecule has 1 spiro atoms. The monoisotopic (exact) mass is 736 g/mol. The summed E-state index contributed by atoms with van der Waals surface area (Å²) in [5.41, 5.74) is 12.2. The third-order valence-electron chi connectivity index (χ3n) is 12.8. The van der Waals surface area contributed by atoms with Crippen LogP contribution in [0.15, 0.2) is 60.1 Å². The molecule has 2 saturated carbocycles. The maximum Gasteiger partial charge on any atom is 0.101 e. The Morgan fingerprint density at radius 2 is 1.55 bits per heavy atom. The highest BCUT2D eigenvalue weighted by atomic mass is 19.1. The molecule has 0 radical (unpaired) electrons. The summed E-state index contributed by atoms with van der Waals surface area (Å²) in [5.74, 6) is 1.12. The molecule has 3 heterocycles. The summed E-state index contributed by atoms with van der Waals surface area (Å²) in [6.45, 7) is 28.0. The molecule has 1 aromatic rings. The molecule has 4 atom stereocenters. The molecular formula is C47H82FN5. The lowest BCUT2D eigenvalue weighted by molar-refractivity contribution is -0.0399. The molecule has 5 fully saturated rings. The molecule has 6 heteroatoms. The number of nitrogens with one attached hydrogen (secondary N) is 2. The van der Waals surface area contributed by atoms with E-state index in [9.17, 15) is 4.39 Å². The maximum atomic E-state index is 14.5. The Morgan fingerprint density at radius 1 is 0.943 bits per heavy atom. The number of likely N-dealkylation sites (tertiary alicyclic amines) is 2. The number of piperidine rings is 1. The van der Waals surface area contributed by atoms with E-state index in [0.29, 0.717) is 24.3 Å². The van der Waals surface area contributed by atoms with Crippen LogP contribution in [0.4, 0.5) is 4.39 Å². The van der Waals surface area contributed by atoms with Gasteiger partial charge in [0, 0.05) is 44.3 Å². The molecule has 4 N–H and O–H groups in total. The van der Waals surface area contributed by atoms with Crippen molar-refractivity contribution >= 4 is 0 Å². The van der Waals surface area contributed by atoms with Crippen molar-refractivity contribution in [1.29, 1.82) is 0 Å². The van der Waals surface area contributed by atoms with E-state index in [2.05, 4.69) is 92.0 Å². The van der Waals surface area contributed by atoms with Gasteiger partial charge in [-0.1, -0.05) is 95.5 Å². The number of hydrogen-bond donors (Lipinski definition) is 3. The van der Waals surface area contributed by atoms with Crippen LogP contribution in [0, 0.1) is 31.1 Å². The molecule has 3 aliphatic carbocycles. The first-order chi connectivity index (χ1) is 25.7. The standard InChI is InChI=1S/C23H40FN3.C11H19N.C8H10.C3H7N.C2H6/c1-3-8-18(13-14-25)23(27-15-7-16-27,19-9-5-10-20(24)17-19)21-11-6-12-22(21)26-4-2;1-3-10(2)12-8-6-11(4-5-11)7-9-12;1-7-3-5-8(2)6-4-7;1-2-4-3-1;1-2/h9,17-18,21-22,26H,3-8,10-16,25H2,1-2H3;2-9H2,1H3;3-6H,1-2H3;4H,1-3H2;1-2H3. The van der Waals surface area contributed by atoms with E-state index in [0.717, 1.165) is 50.9 Å². The smallest absolute Gasteiger partial charge is 0.101 e. The Hall–Kier alpha value is -1.99. The third-order valence-corrected chi connectivity index (χ3v) is 12.8. The van der Waals surface area contributed by atoms with Crippen molar-refractivity contribution in [3.63, 3.8) is 0 Å². The lowest BCUT2D eigenvalue weighted by Crippen LogP contribution is -2.66. The highest BCUT2D eigenvalue weighted by molar-refractivity contribution is 5.39. The molecule has 0 amide bonds. The normalized spacial score (nSPS) is 24.3. The second-order valence-electron chi connectivity index (χ2n) is 16.4. The number of aryl methyl sites for hydroxylation is 2. The van der Waals surface area contributed by atoms with Gasteiger partial charge in [0.05, 0.1) is 5.54 Å². The fourth-order valence-corrected chi connectivity index (χ4v) is 9.20. The lowest BCUT2D eigenvalue weighted by Gasteiger charge is -2.59. The molecule has 7 rings (SSSR count). The van der Waals surface area contributed by atoms with E-state index < -0.39 is 0 Å². The minimum atomic E-state index is -0.0469. The predicted octanol–water partition coefficient (Wildman–Crippen LogP) is 10.6. The van der Waals surface area contributed by atoms with E-state index in [1.165, 1.54) is 119 Å². The van der Waals surface area contributed by atoms with Crippen LogP contribution in [0.1, 0.15) is 142 Å². The zero-order chi connectivity index (χ0) is 38.7. The van der Waals surface area contributed by atoms with Crippen LogP contribution in [-0.2, 0) is 0 Å². The topological polar surface area (TPSA) is 56.6 Å². The lowest BCUT2D eigenvalue weighted by atomic mass is 9.61. The van der Waals surface area contributed by atoms with E-state index in [-0.39, 0.29) is 11.4 Å². The highest BCUT2D eigenvalue weighted by Crippen LogP contribution is 2.54. The van der Waals surface area contributed by atoms with Gasteiger partial charge in [0.1, 0.15) is 5.83 Å². The van der Waals surface area contributed by atoms with Gasteiger partial charge in [-0.05, 0) is 146 Å². The summed E-state index contributed by atoms with van der Waals surface area (Å²) < 4.78 is 14.5. The summed E-state index contributed by atoms with van der Waals surface area (Å²) in [6, 6.07) is 9.02. The van der Waals surface area contributed by atoms with Crippen molar-refractivity contribution < 1.29 is 4.39 Å². The number of halogens is 1. The van der Waals surface area contributed by atoms with Crippen molar-refractivity contribution in [2.24, 2.45) is 23.0 Å². The van der Waals surface area contributed by atoms with E-state index in [4.69, 9.17) is 5.73 Å². The molecule has 5 nitrogen and oxygen atoms in total. The second-order valence-corrected chi connectivity index (χ2v) is 16.4. The quantitative estimate of drug-likeness (QED) is 0.200. The van der Waals surface area contributed by atoms with Gasteiger partial charge in [-0.25, -0.2) is 4.39 Å². The van der Waals surface area contributed by atoms with Gasteiger partial charge in [0.15, 0.2) is 0 Å². The number of rotatable bonds is 12. The zero-order valence-corrected chi connectivity index (χ0v) is 35.5. The van der Waals surface area contributed by atoms with Gasteiger partial charge < -0.3 is 21.3 Å². The van der Waals surface area contributed by atoms with Crippen molar-refractivity contribution in [1.82, 2.24) is 20.4 Å². The Kier molecular flexibility index (Phi) is 20.4. The molecule has 4 unspecified atom stereocenters. The number of benzene rings is 1. The average Bonchev–Trinajstić information content (AvgIpc) is 3.71. The molecule has 53 heavy (non-hydrogen) atoms. The zero-order valence-electron chi connectivity index (χ0n) is 35.5. The molecule has 0 bridgehead atoms. The second kappa shape index (κ2) is 23.8. The van der Waals surface area contributed by atoms with Gasteiger partial charge in [-0.15, -0.1) is 0 Å². The van der Waals surface area contributed by atoms with Gasteiger partial charge in [0.25, 0.3) is 0 Å². The highest BCUT2D eigenvalue weighted by Gasteiger charge is 2.55. The van der Waals surface area contributed by atoms with Crippen LogP contribution in [0.25, 0.3) is 0 Å². The van der Waals surface area contributed by atoms with E-state index in [1.807, 2.05) is 19.9 Å². The Morgan fingerprint density at radius 3 is 1.98 bits per heavy atom. The summed E-state index contributed by atoms with van der Waals surface area (Å²) in [4.78, 5) is 5.19. The van der Waals surface area contributed by atoms with Crippen LogP contribution in [-0.4, -0.2) is 73.7 Å². The minimum absolute atomic E-state index is 0.0469. The summed E-state index contributed by atoms with van der Waals surface area (Å²) >= 11 is 0. The summed E-state index contributed by atoms with van der Waals surface area (Å²) in [6.07, 6.45) is 22.4. The first-order valence-corrected chi connectivity index (χ1v) is 22.1. The Bertz CT molecular complexity index is 1190. The first-order valence-electron chi connectivity index (χ1n) is 22.1. The molecule has 0 aromatic heterocycles. The van der Waals surface area contributed by atoms with Crippen LogP contribution in [0.2, 0.25) is 0 Å². The van der Waals surface area contributed by atoms with Crippen molar-refractivity contribution in [2.45, 2.75) is 156 Å². The number of nitrogens with zero attached hydrogens (tertiary/aromatic N) is 2. The van der Waals surface area contributed by atoms with Gasteiger partial charge >= 0.3 is 0 Å². The fraction of sp³-hybridized carbons (Fsp3) is 0.745. The van der Waals surface area contributed by atoms with Gasteiger partial charge in [-0.3, -0.25) is 4.90 Å². The van der Waals surface area contributed by atoms with E-state index in [1.54, 1.807) is 0 Å². The molecule has 3 aliphatic heterocycles. The van der Waals surface area contributed by atoms with Gasteiger partial charge in [-0.2, -0.15) is 0 Å². The van der Waals surface area contributed by atoms with Crippen LogP contribution >= 0.6 is 0 Å². The molecule has 6 aliphatic rings. The van der Waals surface area contributed by atoms with Crippen LogP contribution in [0.3, 0.4) is 0 Å². The molecule has 3 saturated heterocycles. The Balaban J connectivity index is 0.000000235. The van der Waals surface area contributed by atoms with Crippen molar-refractivity contribution in [3.8, 4) is 0 Å². The number of allylic oxidation sites excluding steroid dienone is 3. The molecule has 302 valence electrons. The molecular weight excluding hydrogens is 654 g/mol. The van der Waals surface area contributed by atoms with Crippen LogP contribution in [0.5, 0.6) is 0 Å². The van der Waals surface area contributed by atoms with Crippen molar-refractivity contribution in [2.75, 3.05) is 52.4 Å². The fourth-order valence-electron chi connectivity index (χ4n) is 9.20. The largest absolute Gasteiger partial charge is 0.375 e.